The van der Waals surface area contributed by atoms with E-state index in [0.717, 1.165) is 30.6 Å². The number of carboxylic acid groups (broad SMARTS) is 1. The molecule has 1 aliphatic carbocycles. The maximum Gasteiger partial charge on any atom is 0.335 e. The number of aromatic carboxylic acids is 1. The van der Waals surface area contributed by atoms with Gasteiger partial charge in [-0.1, -0.05) is 84.0 Å². The van der Waals surface area contributed by atoms with Gasteiger partial charge in [0.05, 0.1) is 12.2 Å². The molecule has 0 bridgehead atoms. The van der Waals surface area contributed by atoms with Gasteiger partial charge in [-0.2, -0.15) is 0 Å². The summed E-state index contributed by atoms with van der Waals surface area (Å²) in [6.07, 6.45) is 19.4. The van der Waals surface area contributed by atoms with E-state index in [1.54, 1.807) is 24.3 Å². The number of ether oxygens (including phenoxy) is 1. The van der Waals surface area contributed by atoms with Crippen molar-refractivity contribution >= 4 is 5.97 Å². The molecule has 3 heteroatoms. The standard InChI is InChI=1S/C25H40O3/c1-2-3-4-5-6-7-8-10-21-12-14-22(15-13-21)11-9-20-28-24-18-16-23(17-19-24)25(26)27/h16-19,21-22H,2-15,20H2,1H3,(H,26,27)/t21-,22-. The molecule has 0 radical (unpaired) electrons. The van der Waals surface area contributed by atoms with Crippen LogP contribution in [0.3, 0.4) is 0 Å². The molecule has 1 aliphatic rings. The van der Waals surface area contributed by atoms with Crippen molar-refractivity contribution in [3.8, 4) is 5.75 Å². The van der Waals surface area contributed by atoms with Gasteiger partial charge in [0.1, 0.15) is 5.75 Å². The van der Waals surface area contributed by atoms with E-state index in [0.29, 0.717) is 5.56 Å². The highest BCUT2D eigenvalue weighted by Gasteiger charge is 2.20. The summed E-state index contributed by atoms with van der Waals surface area (Å²) in [6, 6.07) is 6.70. The lowest BCUT2D eigenvalue weighted by atomic mass is 9.78. The van der Waals surface area contributed by atoms with Crippen LogP contribution in [0.5, 0.6) is 5.75 Å². The van der Waals surface area contributed by atoms with Gasteiger partial charge in [0.25, 0.3) is 0 Å². The summed E-state index contributed by atoms with van der Waals surface area (Å²) in [7, 11) is 0. The van der Waals surface area contributed by atoms with Crippen LogP contribution >= 0.6 is 0 Å². The molecule has 158 valence electrons. The predicted octanol–water partition coefficient (Wildman–Crippen LogP) is 7.49. The van der Waals surface area contributed by atoms with Crippen molar-refractivity contribution in [1.82, 2.24) is 0 Å². The molecule has 1 aromatic rings. The molecule has 1 saturated carbocycles. The zero-order valence-electron chi connectivity index (χ0n) is 17.8. The number of hydrogen-bond donors (Lipinski definition) is 1. The van der Waals surface area contributed by atoms with Crippen molar-refractivity contribution in [1.29, 1.82) is 0 Å². The number of carbonyl (C=O) groups is 1. The molecule has 0 aliphatic heterocycles. The van der Waals surface area contributed by atoms with Crippen LogP contribution in [-0.2, 0) is 0 Å². The van der Waals surface area contributed by atoms with Gasteiger partial charge in [-0.05, 0) is 48.9 Å². The van der Waals surface area contributed by atoms with Crippen LogP contribution in [0, 0.1) is 11.8 Å². The van der Waals surface area contributed by atoms with Crippen molar-refractivity contribution in [3.63, 3.8) is 0 Å². The second-order valence-electron chi connectivity index (χ2n) is 8.62. The van der Waals surface area contributed by atoms with Crippen molar-refractivity contribution in [2.75, 3.05) is 6.61 Å². The van der Waals surface area contributed by atoms with Crippen molar-refractivity contribution in [2.45, 2.75) is 96.8 Å². The molecular weight excluding hydrogens is 348 g/mol. The lowest BCUT2D eigenvalue weighted by molar-refractivity contribution is 0.0697. The summed E-state index contributed by atoms with van der Waals surface area (Å²) in [4.78, 5) is 10.9. The Morgan fingerprint density at radius 3 is 1.96 bits per heavy atom. The van der Waals surface area contributed by atoms with E-state index in [9.17, 15) is 4.79 Å². The molecule has 28 heavy (non-hydrogen) atoms. The fourth-order valence-electron chi connectivity index (χ4n) is 4.45. The molecule has 1 N–H and O–H groups in total. The third-order valence-electron chi connectivity index (χ3n) is 6.31. The van der Waals surface area contributed by atoms with E-state index < -0.39 is 5.97 Å². The third-order valence-corrected chi connectivity index (χ3v) is 6.31. The fourth-order valence-corrected chi connectivity index (χ4v) is 4.45. The lowest BCUT2D eigenvalue weighted by Gasteiger charge is -2.28. The van der Waals surface area contributed by atoms with Crippen LogP contribution in [-0.4, -0.2) is 17.7 Å². The molecule has 0 atom stereocenters. The normalized spacial score (nSPS) is 19.5. The molecule has 0 heterocycles. The van der Waals surface area contributed by atoms with Crippen molar-refractivity contribution in [2.24, 2.45) is 11.8 Å². The van der Waals surface area contributed by atoms with Crippen LogP contribution in [0.4, 0.5) is 0 Å². The molecule has 0 saturated heterocycles. The summed E-state index contributed by atoms with van der Waals surface area (Å²) in [5.74, 6) is 1.73. The van der Waals surface area contributed by atoms with Crippen LogP contribution in [0.1, 0.15) is 107 Å². The molecule has 0 spiro atoms. The number of unbranched alkanes of at least 4 members (excludes halogenated alkanes) is 6. The lowest BCUT2D eigenvalue weighted by Crippen LogP contribution is -2.15. The Morgan fingerprint density at radius 2 is 1.39 bits per heavy atom. The van der Waals surface area contributed by atoms with Crippen LogP contribution in [0.25, 0.3) is 0 Å². The predicted molar refractivity (Wildman–Crippen MR) is 116 cm³/mol. The van der Waals surface area contributed by atoms with E-state index in [-0.39, 0.29) is 0 Å². The first-order valence-corrected chi connectivity index (χ1v) is 11.6. The average molecular weight is 389 g/mol. The van der Waals surface area contributed by atoms with Gasteiger partial charge in [0.15, 0.2) is 0 Å². The van der Waals surface area contributed by atoms with E-state index >= 15 is 0 Å². The second-order valence-corrected chi connectivity index (χ2v) is 8.62. The van der Waals surface area contributed by atoms with E-state index in [1.165, 1.54) is 83.5 Å². The zero-order valence-corrected chi connectivity index (χ0v) is 17.8. The maximum absolute atomic E-state index is 10.9. The Morgan fingerprint density at radius 1 is 0.857 bits per heavy atom. The summed E-state index contributed by atoms with van der Waals surface area (Å²) in [5.41, 5.74) is 0.306. The van der Waals surface area contributed by atoms with E-state index in [1.807, 2.05) is 0 Å². The van der Waals surface area contributed by atoms with Crippen LogP contribution in [0.2, 0.25) is 0 Å². The van der Waals surface area contributed by atoms with Crippen molar-refractivity contribution in [3.05, 3.63) is 29.8 Å². The number of benzene rings is 1. The first-order chi connectivity index (χ1) is 13.7. The first kappa shape index (κ1) is 22.8. The topological polar surface area (TPSA) is 46.5 Å². The van der Waals surface area contributed by atoms with Crippen molar-refractivity contribution < 1.29 is 14.6 Å². The van der Waals surface area contributed by atoms with Gasteiger partial charge in [-0.15, -0.1) is 0 Å². The number of hydrogen-bond acceptors (Lipinski definition) is 2. The van der Waals surface area contributed by atoms with Gasteiger partial charge in [0.2, 0.25) is 0 Å². The Balaban J connectivity index is 1.47. The van der Waals surface area contributed by atoms with Gasteiger partial charge < -0.3 is 9.84 Å². The molecule has 1 fully saturated rings. The molecule has 1 aromatic carbocycles. The zero-order chi connectivity index (χ0) is 20.0. The van der Waals surface area contributed by atoms with Gasteiger partial charge in [0, 0.05) is 0 Å². The summed E-state index contributed by atoms with van der Waals surface area (Å²) < 4.78 is 5.76. The second kappa shape index (κ2) is 13.6. The third kappa shape index (κ3) is 9.12. The average Bonchev–Trinajstić information content (AvgIpc) is 2.72. The Hall–Kier alpha value is -1.51. The first-order valence-electron chi connectivity index (χ1n) is 11.6. The minimum atomic E-state index is -0.894. The summed E-state index contributed by atoms with van der Waals surface area (Å²) >= 11 is 0. The largest absolute Gasteiger partial charge is 0.494 e. The SMILES string of the molecule is CCCCCCCCC[C@H]1CC[C@H](CCCOc2ccc(C(=O)O)cc2)CC1. The van der Waals surface area contributed by atoms with Gasteiger partial charge >= 0.3 is 5.97 Å². The molecule has 0 aromatic heterocycles. The highest BCUT2D eigenvalue weighted by atomic mass is 16.5. The highest BCUT2D eigenvalue weighted by molar-refractivity contribution is 5.87. The molecule has 3 nitrogen and oxygen atoms in total. The molecule has 2 rings (SSSR count). The minimum Gasteiger partial charge on any atom is -0.494 e. The quantitative estimate of drug-likeness (QED) is 0.336. The number of carboxylic acids is 1. The van der Waals surface area contributed by atoms with Crippen LogP contribution < -0.4 is 4.74 Å². The minimum absolute atomic E-state index is 0.306. The molecular formula is C25H40O3. The van der Waals surface area contributed by atoms with E-state index in [2.05, 4.69) is 6.92 Å². The summed E-state index contributed by atoms with van der Waals surface area (Å²) in [6.45, 7) is 3.01. The molecule has 0 amide bonds. The Labute approximate surface area is 171 Å². The number of rotatable bonds is 14. The van der Waals surface area contributed by atoms with E-state index in [4.69, 9.17) is 9.84 Å². The van der Waals surface area contributed by atoms with Gasteiger partial charge in [-0.25, -0.2) is 4.79 Å². The summed E-state index contributed by atoms with van der Waals surface area (Å²) in [5, 5.41) is 8.91. The Bertz CT molecular complexity index is 529. The maximum atomic E-state index is 10.9. The molecule has 0 unspecified atom stereocenters. The highest BCUT2D eigenvalue weighted by Crippen LogP contribution is 2.34. The monoisotopic (exact) mass is 388 g/mol. The van der Waals surface area contributed by atoms with Crippen LogP contribution in [0.15, 0.2) is 24.3 Å². The fraction of sp³-hybridized carbons (Fsp3) is 0.720. The Kier molecular flexibility index (Phi) is 11.1. The smallest absolute Gasteiger partial charge is 0.335 e. The van der Waals surface area contributed by atoms with Gasteiger partial charge in [-0.3, -0.25) is 0 Å².